The van der Waals surface area contributed by atoms with Crippen LogP contribution in [0.25, 0.3) is 0 Å². The van der Waals surface area contributed by atoms with Crippen LogP contribution in [0.15, 0.2) is 53.6 Å². The van der Waals surface area contributed by atoms with Crippen molar-refractivity contribution in [2.45, 2.75) is 49.7 Å². The standard InChI is InChI=1S/C20H24ClN3O4S/c1-15-5-4-7-18(14-28-20(25)23-13-17-6-2-3-12-22-17)24(15)29(26,27)19-10-8-16(21)9-11-19/h2-3,6,8-12,15,18H,4-5,7,13-14H2,1H3,(H,23,25)/t15-,18-/m1/s1. The summed E-state index contributed by atoms with van der Waals surface area (Å²) in [6.45, 7) is 2.11. The third kappa shape index (κ3) is 5.46. The maximum Gasteiger partial charge on any atom is 0.407 e. The molecule has 0 unspecified atom stereocenters. The number of hydrogen-bond donors (Lipinski definition) is 1. The van der Waals surface area contributed by atoms with Crippen LogP contribution in [0.1, 0.15) is 31.9 Å². The number of amides is 1. The van der Waals surface area contributed by atoms with Gasteiger partial charge in [0, 0.05) is 17.3 Å². The Balaban J connectivity index is 1.65. The fourth-order valence-corrected chi connectivity index (χ4v) is 5.46. The number of nitrogens with one attached hydrogen (secondary N) is 1. The lowest BCUT2D eigenvalue weighted by atomic mass is 10.0. The second-order valence-electron chi connectivity index (χ2n) is 7.00. The lowest BCUT2D eigenvalue weighted by Crippen LogP contribution is -2.51. The van der Waals surface area contributed by atoms with Crippen molar-refractivity contribution < 1.29 is 17.9 Å². The number of benzene rings is 1. The van der Waals surface area contributed by atoms with E-state index in [4.69, 9.17) is 16.3 Å². The van der Waals surface area contributed by atoms with E-state index in [0.29, 0.717) is 17.1 Å². The molecule has 1 amide bonds. The molecular formula is C20H24ClN3O4S. The van der Waals surface area contributed by atoms with Crippen molar-refractivity contribution >= 4 is 27.7 Å². The van der Waals surface area contributed by atoms with Gasteiger partial charge in [-0.3, -0.25) is 4.98 Å². The molecule has 2 aromatic rings. The summed E-state index contributed by atoms with van der Waals surface area (Å²) in [6.07, 6.45) is 3.31. The Kier molecular flexibility index (Phi) is 7.10. The van der Waals surface area contributed by atoms with Crippen molar-refractivity contribution in [3.8, 4) is 0 Å². The maximum atomic E-state index is 13.2. The molecule has 3 rings (SSSR count). The highest BCUT2D eigenvalue weighted by molar-refractivity contribution is 7.89. The summed E-state index contributed by atoms with van der Waals surface area (Å²) in [4.78, 5) is 16.4. The molecule has 1 aliphatic heterocycles. The van der Waals surface area contributed by atoms with Gasteiger partial charge in [-0.05, 0) is 56.2 Å². The molecule has 7 nitrogen and oxygen atoms in total. The predicted molar refractivity (Wildman–Crippen MR) is 110 cm³/mol. The van der Waals surface area contributed by atoms with Gasteiger partial charge in [0.1, 0.15) is 6.61 Å². The Bertz CT molecular complexity index is 923. The fourth-order valence-electron chi connectivity index (χ4n) is 3.47. The largest absolute Gasteiger partial charge is 0.448 e. The zero-order chi connectivity index (χ0) is 20.9. The monoisotopic (exact) mass is 437 g/mol. The maximum absolute atomic E-state index is 13.2. The number of sulfonamides is 1. The molecule has 1 aromatic heterocycles. The first kappa shape index (κ1) is 21.5. The third-order valence-corrected chi connectivity index (χ3v) is 7.22. The van der Waals surface area contributed by atoms with Crippen LogP contribution in [0.4, 0.5) is 4.79 Å². The van der Waals surface area contributed by atoms with Crippen molar-refractivity contribution in [2.24, 2.45) is 0 Å². The lowest BCUT2D eigenvalue weighted by Gasteiger charge is -2.39. The molecular weight excluding hydrogens is 414 g/mol. The van der Waals surface area contributed by atoms with Crippen molar-refractivity contribution in [1.82, 2.24) is 14.6 Å². The molecule has 2 heterocycles. The normalized spacial score (nSPS) is 20.2. The summed E-state index contributed by atoms with van der Waals surface area (Å²) >= 11 is 5.89. The molecule has 1 aromatic carbocycles. The van der Waals surface area contributed by atoms with E-state index in [-0.39, 0.29) is 24.1 Å². The number of aromatic nitrogens is 1. The number of ether oxygens (including phenoxy) is 1. The number of hydrogen-bond acceptors (Lipinski definition) is 5. The van der Waals surface area contributed by atoms with Crippen LogP contribution in [0, 0.1) is 0 Å². The van der Waals surface area contributed by atoms with Crippen molar-refractivity contribution in [1.29, 1.82) is 0 Å². The highest BCUT2D eigenvalue weighted by atomic mass is 35.5. The number of carbonyl (C=O) groups excluding carboxylic acids is 1. The Morgan fingerprint density at radius 2 is 2.00 bits per heavy atom. The zero-order valence-corrected chi connectivity index (χ0v) is 17.7. The van der Waals surface area contributed by atoms with Crippen LogP contribution in [-0.4, -0.2) is 42.5 Å². The van der Waals surface area contributed by atoms with Crippen LogP contribution >= 0.6 is 11.6 Å². The Labute approximate surface area is 176 Å². The van der Waals surface area contributed by atoms with E-state index in [1.807, 2.05) is 13.0 Å². The van der Waals surface area contributed by atoms with Gasteiger partial charge in [-0.25, -0.2) is 13.2 Å². The summed E-state index contributed by atoms with van der Waals surface area (Å²) < 4.78 is 33.2. The number of rotatable bonds is 6. The van der Waals surface area contributed by atoms with E-state index in [9.17, 15) is 13.2 Å². The molecule has 0 bridgehead atoms. The van der Waals surface area contributed by atoms with Crippen LogP contribution in [0.5, 0.6) is 0 Å². The summed E-state index contributed by atoms with van der Waals surface area (Å²) in [6, 6.07) is 10.9. The minimum absolute atomic E-state index is 0.00872. The Hall–Kier alpha value is -2.16. The smallest absolute Gasteiger partial charge is 0.407 e. The van der Waals surface area contributed by atoms with E-state index < -0.39 is 22.2 Å². The number of nitrogens with zero attached hydrogens (tertiary/aromatic N) is 2. The molecule has 156 valence electrons. The highest BCUT2D eigenvalue weighted by Crippen LogP contribution is 2.30. The molecule has 0 radical (unpaired) electrons. The molecule has 1 saturated heterocycles. The molecule has 0 aliphatic carbocycles. The van der Waals surface area contributed by atoms with E-state index in [0.717, 1.165) is 12.8 Å². The SMILES string of the molecule is C[C@@H]1CCC[C@H](COC(=O)NCc2ccccn2)N1S(=O)(=O)c1ccc(Cl)cc1. The van der Waals surface area contributed by atoms with Crippen LogP contribution < -0.4 is 5.32 Å². The fraction of sp³-hybridized carbons (Fsp3) is 0.400. The van der Waals surface area contributed by atoms with Crippen LogP contribution in [0.3, 0.4) is 0 Å². The van der Waals surface area contributed by atoms with Gasteiger partial charge in [0.2, 0.25) is 10.0 Å². The first-order chi connectivity index (χ1) is 13.9. The number of carbonyl (C=O) groups is 1. The quantitative estimate of drug-likeness (QED) is 0.745. The number of piperidine rings is 1. The minimum Gasteiger partial charge on any atom is -0.448 e. The van der Waals surface area contributed by atoms with Gasteiger partial charge in [-0.15, -0.1) is 0 Å². The first-order valence-electron chi connectivity index (χ1n) is 9.47. The molecule has 2 atom stereocenters. The molecule has 29 heavy (non-hydrogen) atoms. The number of halogens is 1. The van der Waals surface area contributed by atoms with Crippen molar-refractivity contribution in [2.75, 3.05) is 6.61 Å². The molecule has 0 spiro atoms. The number of alkyl carbamates (subject to hydrolysis) is 1. The summed E-state index contributed by atoms with van der Waals surface area (Å²) in [5.74, 6) is 0. The average Bonchev–Trinajstić information content (AvgIpc) is 2.71. The second kappa shape index (κ2) is 9.56. The second-order valence-corrected chi connectivity index (χ2v) is 9.28. The van der Waals surface area contributed by atoms with E-state index in [1.165, 1.54) is 16.4 Å². The van der Waals surface area contributed by atoms with Gasteiger partial charge in [0.15, 0.2) is 0 Å². The van der Waals surface area contributed by atoms with Gasteiger partial charge in [-0.1, -0.05) is 24.1 Å². The molecule has 0 saturated carbocycles. The van der Waals surface area contributed by atoms with Crippen molar-refractivity contribution in [3.63, 3.8) is 0 Å². The zero-order valence-electron chi connectivity index (χ0n) is 16.1. The highest BCUT2D eigenvalue weighted by Gasteiger charge is 2.38. The van der Waals surface area contributed by atoms with Crippen molar-refractivity contribution in [3.05, 3.63) is 59.4 Å². The Morgan fingerprint density at radius 1 is 1.24 bits per heavy atom. The first-order valence-corrected chi connectivity index (χ1v) is 11.3. The molecule has 1 fully saturated rings. The topological polar surface area (TPSA) is 88.6 Å². The Morgan fingerprint density at radius 3 is 2.69 bits per heavy atom. The van der Waals surface area contributed by atoms with Gasteiger partial charge in [0.25, 0.3) is 0 Å². The van der Waals surface area contributed by atoms with Gasteiger partial charge < -0.3 is 10.1 Å². The van der Waals surface area contributed by atoms with Gasteiger partial charge in [0.05, 0.1) is 23.2 Å². The van der Waals surface area contributed by atoms with Gasteiger partial charge in [-0.2, -0.15) is 4.31 Å². The van der Waals surface area contributed by atoms with E-state index in [2.05, 4.69) is 10.3 Å². The predicted octanol–water partition coefficient (Wildman–Crippen LogP) is 3.59. The van der Waals surface area contributed by atoms with Crippen LogP contribution in [0.2, 0.25) is 5.02 Å². The summed E-state index contributed by atoms with van der Waals surface area (Å²) in [5.41, 5.74) is 0.711. The van der Waals surface area contributed by atoms with E-state index >= 15 is 0 Å². The number of pyridine rings is 1. The molecule has 9 heteroatoms. The molecule has 1 N–H and O–H groups in total. The average molecular weight is 438 g/mol. The minimum atomic E-state index is -3.73. The summed E-state index contributed by atoms with van der Waals surface area (Å²) in [7, 11) is -3.73. The summed E-state index contributed by atoms with van der Waals surface area (Å²) in [5, 5.41) is 3.11. The van der Waals surface area contributed by atoms with Gasteiger partial charge >= 0.3 is 6.09 Å². The van der Waals surface area contributed by atoms with Crippen LogP contribution in [-0.2, 0) is 21.3 Å². The third-order valence-electron chi connectivity index (χ3n) is 4.89. The molecule has 1 aliphatic rings. The lowest BCUT2D eigenvalue weighted by molar-refractivity contribution is 0.0890. The van der Waals surface area contributed by atoms with E-state index in [1.54, 1.807) is 30.5 Å².